The van der Waals surface area contributed by atoms with Crippen LogP contribution < -0.4 is 4.90 Å². The van der Waals surface area contributed by atoms with Gasteiger partial charge < -0.3 is 4.90 Å². The van der Waals surface area contributed by atoms with E-state index in [0.29, 0.717) is 33.7 Å². The van der Waals surface area contributed by atoms with Crippen molar-refractivity contribution in [1.29, 1.82) is 0 Å². The fourth-order valence-corrected chi connectivity index (χ4v) is 8.14. The summed E-state index contributed by atoms with van der Waals surface area (Å²) in [5.74, 6) is 1.76. The number of sulfone groups is 1. The number of halogens is 3. The number of rotatable bonds is 4. The number of nitrogens with zero attached hydrogens (tertiary/aromatic N) is 4. The number of hydrogen-bond acceptors (Lipinski definition) is 7. The lowest BCUT2D eigenvalue weighted by Gasteiger charge is -2.53. The zero-order chi connectivity index (χ0) is 22.7. The molecule has 3 aliphatic heterocycles. The molecule has 2 aromatic heterocycles. The van der Waals surface area contributed by atoms with Crippen LogP contribution in [-0.4, -0.2) is 73.2 Å². The summed E-state index contributed by atoms with van der Waals surface area (Å²) in [6, 6.07) is 1.97. The minimum absolute atomic E-state index is 0.178. The van der Waals surface area contributed by atoms with Gasteiger partial charge in [-0.2, -0.15) is 13.2 Å². The van der Waals surface area contributed by atoms with Gasteiger partial charge in [-0.1, -0.05) is 0 Å². The molecule has 6 nitrogen and oxygen atoms in total. The van der Waals surface area contributed by atoms with E-state index in [9.17, 15) is 21.6 Å². The molecule has 0 amide bonds. The van der Waals surface area contributed by atoms with Crippen LogP contribution in [0.4, 0.5) is 19.0 Å². The maximum absolute atomic E-state index is 12.8. The number of fused-ring (bicyclic) bond motifs is 1. The van der Waals surface area contributed by atoms with Crippen LogP contribution in [0.1, 0.15) is 31.1 Å². The van der Waals surface area contributed by atoms with Gasteiger partial charge in [0.25, 0.3) is 0 Å². The minimum Gasteiger partial charge on any atom is -0.355 e. The van der Waals surface area contributed by atoms with E-state index < -0.39 is 22.4 Å². The van der Waals surface area contributed by atoms with E-state index in [-0.39, 0.29) is 10.3 Å². The average Bonchev–Trinajstić information content (AvgIpc) is 3.28. The molecule has 0 radical (unpaired) electrons. The topological polar surface area (TPSA) is 66.4 Å². The summed E-state index contributed by atoms with van der Waals surface area (Å²) < 4.78 is 61.9. The molecule has 3 saturated heterocycles. The van der Waals surface area contributed by atoms with Crippen LogP contribution in [0.3, 0.4) is 0 Å². The van der Waals surface area contributed by atoms with E-state index in [1.165, 1.54) is 6.33 Å². The van der Waals surface area contributed by atoms with E-state index in [4.69, 9.17) is 0 Å². The predicted octanol–water partition coefficient (Wildman–Crippen LogP) is 3.52. The van der Waals surface area contributed by atoms with Gasteiger partial charge in [0, 0.05) is 42.5 Å². The van der Waals surface area contributed by atoms with Gasteiger partial charge >= 0.3 is 6.18 Å². The predicted molar refractivity (Wildman–Crippen MR) is 119 cm³/mol. The average molecular weight is 489 g/mol. The van der Waals surface area contributed by atoms with Crippen LogP contribution in [-0.2, 0) is 16.3 Å². The zero-order valence-corrected chi connectivity index (χ0v) is 19.6. The lowest BCUT2D eigenvalue weighted by molar-refractivity contribution is -0.126. The minimum atomic E-state index is -4.24. The summed E-state index contributed by atoms with van der Waals surface area (Å²) in [7, 11) is -2.85. The van der Waals surface area contributed by atoms with Crippen molar-refractivity contribution in [2.24, 2.45) is 11.3 Å². The Bertz CT molecular complexity index is 1100. The van der Waals surface area contributed by atoms with E-state index in [2.05, 4.69) is 26.7 Å². The second kappa shape index (κ2) is 7.80. The largest absolute Gasteiger partial charge is 0.393 e. The quantitative estimate of drug-likeness (QED) is 0.656. The summed E-state index contributed by atoms with van der Waals surface area (Å²) in [5.41, 5.74) is 0.178. The van der Waals surface area contributed by atoms with Crippen molar-refractivity contribution >= 4 is 37.2 Å². The third-order valence-electron chi connectivity index (χ3n) is 7.41. The molecular formula is C21H27F3N4O2S2. The molecule has 5 heterocycles. The summed E-state index contributed by atoms with van der Waals surface area (Å²) in [6.07, 6.45) is -1.20. The second-order valence-electron chi connectivity index (χ2n) is 9.73. The molecule has 0 saturated carbocycles. The molecule has 1 atom stereocenters. The molecular weight excluding hydrogens is 461 g/mol. The molecule has 0 unspecified atom stereocenters. The number of hydrogen-bond donors (Lipinski definition) is 0. The van der Waals surface area contributed by atoms with Crippen LogP contribution in [0.25, 0.3) is 10.2 Å². The fraction of sp³-hybridized carbons (Fsp3) is 0.714. The maximum Gasteiger partial charge on any atom is 0.393 e. The highest BCUT2D eigenvalue weighted by atomic mass is 32.2. The van der Waals surface area contributed by atoms with E-state index >= 15 is 0 Å². The molecule has 0 bridgehead atoms. The van der Waals surface area contributed by atoms with Crippen molar-refractivity contribution in [3.8, 4) is 0 Å². The summed E-state index contributed by atoms with van der Waals surface area (Å²) in [4.78, 5) is 14.2. The van der Waals surface area contributed by atoms with Crippen molar-refractivity contribution < 1.29 is 21.6 Å². The molecule has 1 spiro atoms. The maximum atomic E-state index is 12.8. The van der Waals surface area contributed by atoms with Crippen LogP contribution in [0.5, 0.6) is 0 Å². The molecule has 0 aromatic carbocycles. The summed E-state index contributed by atoms with van der Waals surface area (Å²) in [6.45, 7) is 5.84. The Morgan fingerprint density at radius 1 is 1.22 bits per heavy atom. The van der Waals surface area contributed by atoms with Gasteiger partial charge in [-0.05, 0) is 38.2 Å². The van der Waals surface area contributed by atoms with Gasteiger partial charge in [-0.15, -0.1) is 11.3 Å². The first kappa shape index (κ1) is 22.3. The van der Waals surface area contributed by atoms with E-state index in [0.717, 1.165) is 62.6 Å². The van der Waals surface area contributed by atoms with Crippen molar-refractivity contribution in [3.05, 3.63) is 17.3 Å². The van der Waals surface area contributed by atoms with Crippen molar-refractivity contribution in [2.45, 2.75) is 44.8 Å². The van der Waals surface area contributed by atoms with E-state index in [1.807, 2.05) is 0 Å². The number of likely N-dealkylation sites (tertiary alicyclic amines) is 1. The zero-order valence-electron chi connectivity index (χ0n) is 17.9. The molecule has 2 aromatic rings. The fourth-order valence-electron chi connectivity index (χ4n) is 5.60. The van der Waals surface area contributed by atoms with E-state index in [1.54, 1.807) is 6.07 Å². The van der Waals surface area contributed by atoms with Gasteiger partial charge in [0.15, 0.2) is 0 Å². The monoisotopic (exact) mass is 488 g/mol. The Balaban J connectivity index is 1.24. The normalized spacial score (nSPS) is 24.8. The Kier molecular flexibility index (Phi) is 5.45. The lowest BCUT2D eigenvalue weighted by Crippen LogP contribution is -2.62. The van der Waals surface area contributed by atoms with Gasteiger partial charge in [0.05, 0.1) is 23.3 Å². The number of anilines is 1. The molecule has 5 rings (SSSR count). The number of thiophene rings is 1. The summed E-state index contributed by atoms with van der Waals surface area (Å²) in [5, 5.41) is 0.710. The highest BCUT2D eigenvalue weighted by Crippen LogP contribution is 2.44. The third kappa shape index (κ3) is 4.35. The highest BCUT2D eigenvalue weighted by Gasteiger charge is 2.50. The summed E-state index contributed by atoms with van der Waals surface area (Å²) >= 11 is 1.09. The standard InChI is InChI=1S/C21H27F3N4O2S2/c1-14(15-2-6-32(29,30)7-3-15)28-11-20(12-28)4-5-27(10-20)18-17-8-16(9-21(22,23)24)31-19(17)26-13-25-18/h8,13-15H,2-7,9-12H2,1H3/t14-/m1/s1. The first-order valence-corrected chi connectivity index (χ1v) is 13.7. The third-order valence-corrected chi connectivity index (χ3v) is 10.2. The van der Waals surface area contributed by atoms with Gasteiger partial charge in [-0.3, -0.25) is 4.90 Å². The molecule has 11 heteroatoms. The Labute approximate surface area is 189 Å². The second-order valence-corrected chi connectivity index (χ2v) is 13.1. The highest BCUT2D eigenvalue weighted by molar-refractivity contribution is 7.91. The van der Waals surface area contributed by atoms with Crippen LogP contribution >= 0.6 is 11.3 Å². The van der Waals surface area contributed by atoms with Gasteiger partial charge in [-0.25, -0.2) is 18.4 Å². The van der Waals surface area contributed by atoms with Gasteiger partial charge in [0.1, 0.15) is 26.8 Å². The van der Waals surface area contributed by atoms with Gasteiger partial charge in [0.2, 0.25) is 0 Å². The SMILES string of the molecule is C[C@H](C1CCS(=O)(=O)CC1)N1CC2(CCN(c3ncnc4sc(CC(F)(F)F)cc34)C2)C1. The van der Waals surface area contributed by atoms with Crippen LogP contribution in [0.2, 0.25) is 0 Å². The number of alkyl halides is 3. The molecule has 3 aliphatic rings. The number of aromatic nitrogens is 2. The van der Waals surface area contributed by atoms with Crippen molar-refractivity contribution in [3.63, 3.8) is 0 Å². The van der Waals surface area contributed by atoms with Crippen LogP contribution in [0.15, 0.2) is 12.4 Å². The van der Waals surface area contributed by atoms with Crippen LogP contribution in [0, 0.1) is 11.3 Å². The first-order chi connectivity index (χ1) is 15.0. The smallest absolute Gasteiger partial charge is 0.355 e. The molecule has 0 aliphatic carbocycles. The first-order valence-electron chi connectivity index (χ1n) is 11.0. The van der Waals surface area contributed by atoms with Crippen molar-refractivity contribution in [1.82, 2.24) is 14.9 Å². The molecule has 176 valence electrons. The molecule has 0 N–H and O–H groups in total. The Morgan fingerprint density at radius 2 is 1.94 bits per heavy atom. The molecule has 3 fully saturated rings. The van der Waals surface area contributed by atoms with Crippen molar-refractivity contribution in [2.75, 3.05) is 42.6 Å². The molecule has 32 heavy (non-hydrogen) atoms. The Hall–Kier alpha value is -1.46. The Morgan fingerprint density at radius 3 is 2.62 bits per heavy atom. The lowest BCUT2D eigenvalue weighted by atomic mass is 9.76.